The molecular weight excluding hydrogens is 647 g/mol. The molecule has 3 aliphatic rings. The second kappa shape index (κ2) is 15.0. The van der Waals surface area contributed by atoms with Crippen molar-refractivity contribution in [3.63, 3.8) is 0 Å². The van der Waals surface area contributed by atoms with Crippen LogP contribution in [0.1, 0.15) is 106 Å². The summed E-state index contributed by atoms with van der Waals surface area (Å²) in [7, 11) is 1.72. The van der Waals surface area contributed by atoms with Crippen LogP contribution >= 0.6 is 11.8 Å². The number of nitrogens with zero attached hydrogens (tertiary/aromatic N) is 4. The van der Waals surface area contributed by atoms with Gasteiger partial charge in [0.1, 0.15) is 17.7 Å². The number of rotatable bonds is 9. The van der Waals surface area contributed by atoms with Crippen LogP contribution < -0.4 is 0 Å². The number of hydrogen-bond acceptors (Lipinski definition) is 6. The van der Waals surface area contributed by atoms with Crippen molar-refractivity contribution in [1.29, 1.82) is 0 Å². The second-order valence-corrected chi connectivity index (χ2v) is 18.1. The molecule has 0 unspecified atom stereocenters. The van der Waals surface area contributed by atoms with Gasteiger partial charge in [-0.3, -0.25) is 24.1 Å². The van der Waals surface area contributed by atoms with E-state index >= 15 is 4.39 Å². The van der Waals surface area contributed by atoms with E-state index in [1.54, 1.807) is 16.8 Å². The van der Waals surface area contributed by atoms with Gasteiger partial charge >= 0.3 is 0 Å². The molecule has 0 spiro atoms. The quantitative estimate of drug-likeness (QED) is 0.299. The number of hydrogen-bond donors (Lipinski definition) is 0. The molecule has 1 aromatic carbocycles. The molecule has 11 heteroatoms. The summed E-state index contributed by atoms with van der Waals surface area (Å²) in [5.41, 5.74) is -0.694. The Morgan fingerprint density at radius 2 is 1.61 bits per heavy atom. The molecule has 274 valence electrons. The molecule has 4 atom stereocenters. The molecule has 0 aromatic heterocycles. The van der Waals surface area contributed by atoms with Gasteiger partial charge in [0, 0.05) is 69.5 Å². The minimum atomic E-state index is -0.843. The van der Waals surface area contributed by atoms with Crippen molar-refractivity contribution >= 4 is 34.6 Å². The van der Waals surface area contributed by atoms with Gasteiger partial charge in [-0.05, 0) is 76.8 Å². The van der Waals surface area contributed by atoms with E-state index in [4.69, 9.17) is 0 Å². The van der Waals surface area contributed by atoms with E-state index in [-0.39, 0.29) is 46.4 Å². The zero-order chi connectivity index (χ0) is 36.6. The molecule has 49 heavy (non-hydrogen) atoms. The summed E-state index contributed by atoms with van der Waals surface area (Å²) in [4.78, 5) is 62.8. The van der Waals surface area contributed by atoms with Crippen LogP contribution in [0.3, 0.4) is 0 Å². The Kier molecular flexibility index (Phi) is 12.0. The van der Waals surface area contributed by atoms with Crippen molar-refractivity contribution in [3.8, 4) is 0 Å². The molecule has 3 amide bonds. The summed E-state index contributed by atoms with van der Waals surface area (Å²) in [5.74, 6) is -2.71. The fraction of sp³-hybridized carbons (Fsp3) is 0.737. The third-order valence-corrected chi connectivity index (χ3v) is 12.5. The number of amides is 3. The lowest BCUT2D eigenvalue weighted by Crippen LogP contribution is -2.55. The van der Waals surface area contributed by atoms with Gasteiger partial charge in [0.05, 0.1) is 17.4 Å². The summed E-state index contributed by atoms with van der Waals surface area (Å²) >= 11 is 1.14. The second-order valence-electron chi connectivity index (χ2n) is 17.0. The van der Waals surface area contributed by atoms with E-state index in [2.05, 4.69) is 18.7 Å². The zero-order valence-electron chi connectivity index (χ0n) is 31.3. The number of carbonyl (C=O) groups is 4. The van der Waals surface area contributed by atoms with Gasteiger partial charge < -0.3 is 14.7 Å². The van der Waals surface area contributed by atoms with Crippen molar-refractivity contribution in [2.75, 3.05) is 39.0 Å². The molecule has 1 saturated carbocycles. The SMILES string of the molecule is CCN(C)C(=O)[C@@H]1C[C@H](N(C(=O)C(C)(C)CSC(C)=O)C2CCC(C)(C)CC2)CN1C(=O)[C@@H]1CN(C(C)(C)C)C[C@H]1c1ccc(F)cc1F. The molecule has 2 aliphatic heterocycles. The Balaban J connectivity index is 1.74. The number of benzene rings is 1. The first-order valence-electron chi connectivity index (χ1n) is 17.9. The molecule has 4 rings (SSSR count). The topological polar surface area (TPSA) is 81.2 Å². The van der Waals surface area contributed by atoms with Crippen molar-refractivity contribution in [3.05, 3.63) is 35.4 Å². The molecule has 8 nitrogen and oxygen atoms in total. The average molecular weight is 705 g/mol. The normalized spacial score (nSPS) is 25.0. The molecule has 2 saturated heterocycles. The van der Waals surface area contributed by atoms with Crippen LogP contribution in [-0.2, 0) is 19.2 Å². The minimum absolute atomic E-state index is 0.0502. The summed E-state index contributed by atoms with van der Waals surface area (Å²) in [6, 6.07) is 2.31. The minimum Gasteiger partial charge on any atom is -0.344 e. The Morgan fingerprint density at radius 3 is 2.16 bits per heavy atom. The Hall–Kier alpha value is -2.53. The molecule has 0 N–H and O–H groups in total. The summed E-state index contributed by atoms with van der Waals surface area (Å²) < 4.78 is 29.3. The van der Waals surface area contributed by atoms with Crippen molar-refractivity contribution in [1.82, 2.24) is 19.6 Å². The lowest BCUT2D eigenvalue weighted by atomic mass is 9.74. The first kappa shape index (κ1) is 39.3. The number of likely N-dealkylation sites (tertiary alicyclic amines) is 2. The summed E-state index contributed by atoms with van der Waals surface area (Å²) in [6.07, 6.45) is 3.86. The highest BCUT2D eigenvalue weighted by atomic mass is 32.2. The van der Waals surface area contributed by atoms with Crippen LogP contribution in [-0.4, -0.2) is 105 Å². The third kappa shape index (κ3) is 8.86. The highest BCUT2D eigenvalue weighted by Gasteiger charge is 2.52. The van der Waals surface area contributed by atoms with Crippen LogP contribution in [0.15, 0.2) is 18.2 Å². The van der Waals surface area contributed by atoms with Crippen LogP contribution in [0.5, 0.6) is 0 Å². The van der Waals surface area contributed by atoms with E-state index < -0.39 is 41.0 Å². The maximum Gasteiger partial charge on any atom is 0.245 e. The smallest absolute Gasteiger partial charge is 0.245 e. The Labute approximate surface area is 296 Å². The van der Waals surface area contributed by atoms with Crippen LogP contribution in [0.2, 0.25) is 0 Å². The Morgan fingerprint density at radius 1 is 0.980 bits per heavy atom. The summed E-state index contributed by atoms with van der Waals surface area (Å²) in [6.45, 7) is 19.2. The fourth-order valence-corrected chi connectivity index (χ4v) is 8.51. The average Bonchev–Trinajstić information content (AvgIpc) is 3.66. The molecule has 1 aromatic rings. The van der Waals surface area contributed by atoms with Crippen molar-refractivity contribution < 1.29 is 28.0 Å². The predicted octanol–water partition coefficient (Wildman–Crippen LogP) is 6.33. The standard InChI is InChI=1S/C38H58F2N4O4S/c1-11-41(10)34(47)32-19-27(44(26-14-16-37(6,7)17-15-26)35(48)38(8,9)23-49-24(2)45)20-43(32)33(46)30-22-42(36(3,4)5)21-29(30)28-13-12-25(39)18-31(28)40/h12-13,18,26-27,29-30,32H,11,14-17,19-23H2,1-10H3/t27-,29-,30+,32-/m0/s1. The molecule has 0 bridgehead atoms. The van der Waals surface area contributed by atoms with Crippen molar-refractivity contribution in [2.45, 2.75) is 124 Å². The van der Waals surface area contributed by atoms with Gasteiger partial charge in [0.25, 0.3) is 0 Å². The maximum atomic E-state index is 15.3. The van der Waals surface area contributed by atoms with Gasteiger partial charge in [-0.25, -0.2) is 8.78 Å². The number of likely N-dealkylation sites (N-methyl/N-ethyl adjacent to an activating group) is 1. The van der Waals surface area contributed by atoms with E-state index in [1.807, 2.05) is 46.4 Å². The maximum absolute atomic E-state index is 15.3. The number of thioether (sulfide) groups is 1. The number of carbonyl (C=O) groups excluding carboxylic acids is 4. The number of halogens is 2. The van der Waals surface area contributed by atoms with Gasteiger partial charge in [-0.15, -0.1) is 0 Å². The van der Waals surface area contributed by atoms with Gasteiger partial charge in [0.15, 0.2) is 5.12 Å². The van der Waals surface area contributed by atoms with E-state index in [9.17, 15) is 23.6 Å². The van der Waals surface area contributed by atoms with E-state index in [0.29, 0.717) is 37.4 Å². The van der Waals surface area contributed by atoms with Crippen LogP contribution in [0, 0.1) is 28.4 Å². The van der Waals surface area contributed by atoms with Crippen LogP contribution in [0.25, 0.3) is 0 Å². The Bertz CT molecular complexity index is 1400. The molecule has 3 fully saturated rings. The third-order valence-electron chi connectivity index (χ3n) is 11.2. The highest BCUT2D eigenvalue weighted by Crippen LogP contribution is 2.43. The highest BCUT2D eigenvalue weighted by molar-refractivity contribution is 8.13. The molecular formula is C38H58F2N4O4S. The lowest BCUT2D eigenvalue weighted by Gasteiger charge is -2.45. The van der Waals surface area contributed by atoms with Gasteiger partial charge in [-0.2, -0.15) is 0 Å². The van der Waals surface area contributed by atoms with Crippen LogP contribution in [0.4, 0.5) is 8.78 Å². The first-order valence-corrected chi connectivity index (χ1v) is 18.9. The zero-order valence-corrected chi connectivity index (χ0v) is 32.1. The lowest BCUT2D eigenvalue weighted by molar-refractivity contribution is -0.147. The van der Waals surface area contributed by atoms with Gasteiger partial charge in [-0.1, -0.05) is 45.5 Å². The molecule has 0 radical (unpaired) electrons. The van der Waals surface area contributed by atoms with E-state index in [1.165, 1.54) is 19.1 Å². The molecule has 2 heterocycles. The van der Waals surface area contributed by atoms with Gasteiger partial charge in [0.2, 0.25) is 17.7 Å². The molecule has 1 aliphatic carbocycles. The van der Waals surface area contributed by atoms with Crippen molar-refractivity contribution in [2.24, 2.45) is 16.7 Å². The predicted molar refractivity (Wildman–Crippen MR) is 191 cm³/mol. The monoisotopic (exact) mass is 704 g/mol. The van der Waals surface area contributed by atoms with E-state index in [0.717, 1.165) is 43.5 Å². The summed E-state index contributed by atoms with van der Waals surface area (Å²) in [5, 5.41) is -0.0502. The largest absolute Gasteiger partial charge is 0.344 e. The first-order chi connectivity index (χ1) is 22.7. The fourth-order valence-electron chi connectivity index (χ4n) is 7.82.